The van der Waals surface area contributed by atoms with Crippen LogP contribution in [0.5, 0.6) is 0 Å². The molecule has 3 N–H and O–H groups in total. The minimum atomic E-state index is -0.625. The van der Waals surface area contributed by atoms with Gasteiger partial charge in [0.2, 0.25) is 5.91 Å². The van der Waals surface area contributed by atoms with Crippen LogP contribution in [-0.4, -0.2) is 59.0 Å². The van der Waals surface area contributed by atoms with Crippen LogP contribution in [0.3, 0.4) is 0 Å². The van der Waals surface area contributed by atoms with Crippen molar-refractivity contribution in [2.24, 2.45) is 0 Å². The third kappa shape index (κ3) is 6.99. The summed E-state index contributed by atoms with van der Waals surface area (Å²) in [5, 5.41) is 18.0. The highest BCUT2D eigenvalue weighted by Gasteiger charge is 2.15. The van der Waals surface area contributed by atoms with Gasteiger partial charge in [-0.25, -0.2) is 0 Å². The van der Waals surface area contributed by atoms with Crippen LogP contribution in [-0.2, 0) is 16.1 Å². The largest absolute Gasteiger partial charge is 0.360 e. The van der Waals surface area contributed by atoms with Gasteiger partial charge in [0.1, 0.15) is 15.3 Å². The van der Waals surface area contributed by atoms with E-state index >= 15 is 0 Å². The standard InChI is InChI=1S/C24H26N6O3S2/c1-3-8-26-22(32)19(14-25)24-30(4-2)23(33)20(35-24)15-27-17-6-5-7-18(13-17)28-21(31)16-29-9-11-34-12-10-29/h1,5-7,13,15,27H,4,8-12,16H2,2H3,(H,26,32)(H,28,31). The maximum absolute atomic E-state index is 12.9. The molecule has 2 amide bonds. The van der Waals surface area contributed by atoms with Crippen LogP contribution in [0, 0.1) is 23.7 Å². The number of anilines is 2. The van der Waals surface area contributed by atoms with E-state index in [9.17, 15) is 19.6 Å². The first-order chi connectivity index (χ1) is 17.0. The molecule has 9 nitrogen and oxygen atoms in total. The number of thiazole rings is 1. The van der Waals surface area contributed by atoms with Crippen molar-refractivity contribution >= 4 is 58.1 Å². The Kier molecular flexibility index (Phi) is 9.56. The maximum Gasteiger partial charge on any atom is 0.270 e. The van der Waals surface area contributed by atoms with E-state index in [2.05, 4.69) is 26.8 Å². The van der Waals surface area contributed by atoms with Gasteiger partial charge in [0.15, 0.2) is 5.57 Å². The number of nitrogens with zero attached hydrogens (tertiary/aromatic N) is 3. The second kappa shape index (κ2) is 12.8. The Morgan fingerprint density at radius 2 is 2.00 bits per heavy atom. The van der Waals surface area contributed by atoms with Crippen molar-refractivity contribution in [1.29, 1.82) is 5.26 Å². The summed E-state index contributed by atoms with van der Waals surface area (Å²) >= 11 is 2.94. The van der Waals surface area contributed by atoms with Gasteiger partial charge in [-0.1, -0.05) is 12.0 Å². The van der Waals surface area contributed by atoms with Gasteiger partial charge in [-0.15, -0.1) is 17.8 Å². The molecule has 35 heavy (non-hydrogen) atoms. The van der Waals surface area contributed by atoms with Crippen LogP contribution in [0.2, 0.25) is 0 Å². The molecule has 0 spiro atoms. The zero-order valence-electron chi connectivity index (χ0n) is 19.3. The maximum atomic E-state index is 12.9. The first-order valence-corrected chi connectivity index (χ1v) is 13.0. The molecule has 0 unspecified atom stereocenters. The summed E-state index contributed by atoms with van der Waals surface area (Å²) in [6.07, 6.45) is 6.70. The third-order valence-electron chi connectivity index (χ3n) is 5.11. The minimum absolute atomic E-state index is 0.0176. The summed E-state index contributed by atoms with van der Waals surface area (Å²) in [4.78, 5) is 39.7. The van der Waals surface area contributed by atoms with Gasteiger partial charge < -0.3 is 16.0 Å². The molecule has 0 aliphatic carbocycles. The Balaban J connectivity index is 1.80. The Morgan fingerprint density at radius 3 is 2.69 bits per heavy atom. The zero-order chi connectivity index (χ0) is 25.2. The number of carbonyl (C=O) groups excluding carboxylic acids is 2. The molecule has 1 aromatic carbocycles. The lowest BCUT2D eigenvalue weighted by Crippen LogP contribution is -2.38. The summed E-state index contributed by atoms with van der Waals surface area (Å²) in [5.41, 5.74) is 0.830. The van der Waals surface area contributed by atoms with Gasteiger partial charge in [0, 0.05) is 48.7 Å². The lowest BCUT2D eigenvalue weighted by molar-refractivity contribution is -0.117. The van der Waals surface area contributed by atoms with Crippen molar-refractivity contribution in [3.63, 3.8) is 0 Å². The van der Waals surface area contributed by atoms with Gasteiger partial charge in [-0.2, -0.15) is 17.0 Å². The van der Waals surface area contributed by atoms with E-state index in [-0.39, 0.29) is 28.2 Å². The van der Waals surface area contributed by atoms with Crippen molar-refractivity contribution in [3.05, 3.63) is 43.8 Å². The van der Waals surface area contributed by atoms with Gasteiger partial charge >= 0.3 is 0 Å². The monoisotopic (exact) mass is 510 g/mol. The van der Waals surface area contributed by atoms with E-state index in [1.165, 1.54) is 10.8 Å². The number of rotatable bonds is 8. The Bertz CT molecular complexity index is 1340. The Morgan fingerprint density at radius 1 is 1.26 bits per heavy atom. The molecule has 0 bridgehead atoms. The molecule has 1 aliphatic heterocycles. The van der Waals surface area contributed by atoms with Gasteiger partial charge in [0.25, 0.3) is 11.5 Å². The predicted molar refractivity (Wildman–Crippen MR) is 141 cm³/mol. The third-order valence-corrected chi connectivity index (χ3v) is 7.19. The molecule has 11 heteroatoms. The van der Waals surface area contributed by atoms with Gasteiger partial charge in [-0.05, 0) is 25.1 Å². The SMILES string of the molecule is C#CCNC(=O)C(C#N)=c1sc(=CNc2cccc(NC(=O)CN3CCSCC3)c2)c(=O)n1CC. The highest BCUT2D eigenvalue weighted by atomic mass is 32.2. The first kappa shape index (κ1) is 26.1. The number of benzene rings is 1. The first-order valence-electron chi connectivity index (χ1n) is 11.0. The van der Waals surface area contributed by atoms with Crippen molar-refractivity contribution in [1.82, 2.24) is 14.8 Å². The summed E-state index contributed by atoms with van der Waals surface area (Å²) in [5.74, 6) is 3.66. The lowest BCUT2D eigenvalue weighted by atomic mass is 10.2. The molecular weight excluding hydrogens is 484 g/mol. The normalized spacial score (nSPS) is 15.0. The van der Waals surface area contributed by atoms with E-state index in [0.29, 0.717) is 29.0 Å². The van der Waals surface area contributed by atoms with Crippen LogP contribution in [0.25, 0.3) is 11.8 Å². The fourth-order valence-electron chi connectivity index (χ4n) is 3.41. The molecule has 1 fully saturated rings. The zero-order valence-corrected chi connectivity index (χ0v) is 20.9. The van der Waals surface area contributed by atoms with E-state index < -0.39 is 5.91 Å². The quantitative estimate of drug-likeness (QED) is 0.434. The van der Waals surface area contributed by atoms with Crippen LogP contribution < -0.4 is 30.7 Å². The number of nitriles is 1. The molecule has 0 atom stereocenters. The average Bonchev–Trinajstić information content (AvgIpc) is 3.17. The van der Waals surface area contributed by atoms with E-state index in [0.717, 1.165) is 35.9 Å². The second-order valence-corrected chi connectivity index (χ2v) is 9.76. The lowest BCUT2D eigenvalue weighted by Gasteiger charge is -2.25. The summed E-state index contributed by atoms with van der Waals surface area (Å²) in [6.45, 7) is 4.20. The van der Waals surface area contributed by atoms with E-state index in [1.54, 1.807) is 31.2 Å². The molecule has 0 saturated carbocycles. The fourth-order valence-corrected chi connectivity index (χ4v) is 5.47. The minimum Gasteiger partial charge on any atom is -0.360 e. The number of hydrogen-bond donors (Lipinski definition) is 3. The van der Waals surface area contributed by atoms with Gasteiger partial charge in [0.05, 0.1) is 13.1 Å². The number of hydrogen-bond acceptors (Lipinski definition) is 8. The fraction of sp³-hybridized carbons (Fsp3) is 0.333. The highest BCUT2D eigenvalue weighted by Crippen LogP contribution is 2.15. The topological polar surface area (TPSA) is 119 Å². The van der Waals surface area contributed by atoms with Crippen molar-refractivity contribution in [2.45, 2.75) is 13.5 Å². The van der Waals surface area contributed by atoms with Crippen LogP contribution >= 0.6 is 23.1 Å². The smallest absolute Gasteiger partial charge is 0.270 e. The Labute approximate surface area is 211 Å². The summed E-state index contributed by atoms with van der Waals surface area (Å²) < 4.78 is 1.97. The van der Waals surface area contributed by atoms with E-state index in [1.807, 2.05) is 17.8 Å². The number of amides is 2. The van der Waals surface area contributed by atoms with Crippen LogP contribution in [0.4, 0.5) is 11.4 Å². The molecule has 2 heterocycles. The molecule has 1 saturated heterocycles. The van der Waals surface area contributed by atoms with Crippen molar-refractivity contribution < 1.29 is 9.59 Å². The average molecular weight is 511 g/mol. The molecular formula is C24H26N6O3S2. The molecule has 182 valence electrons. The highest BCUT2D eigenvalue weighted by molar-refractivity contribution is 7.99. The van der Waals surface area contributed by atoms with Crippen molar-refractivity contribution in [2.75, 3.05) is 48.3 Å². The van der Waals surface area contributed by atoms with Crippen LogP contribution in [0.15, 0.2) is 29.1 Å². The van der Waals surface area contributed by atoms with Gasteiger partial charge in [-0.3, -0.25) is 23.9 Å². The predicted octanol–water partition coefficient (Wildman–Crippen LogP) is 0.191. The number of aromatic nitrogens is 1. The summed E-state index contributed by atoms with van der Waals surface area (Å²) in [7, 11) is 0. The Hall–Kier alpha value is -3.51. The van der Waals surface area contributed by atoms with Crippen LogP contribution in [0.1, 0.15) is 6.92 Å². The number of thioether (sulfide) groups is 1. The number of carbonyl (C=O) groups is 2. The summed E-state index contributed by atoms with van der Waals surface area (Å²) in [6, 6.07) is 9.05. The molecule has 1 aromatic heterocycles. The number of nitrogens with one attached hydrogen (secondary N) is 3. The molecule has 0 radical (unpaired) electrons. The molecule has 1 aliphatic rings. The number of terminal acetylenes is 1. The second-order valence-electron chi connectivity index (χ2n) is 7.50. The van der Waals surface area contributed by atoms with E-state index in [4.69, 9.17) is 6.42 Å². The molecule has 3 rings (SSSR count). The molecule has 2 aromatic rings. The van der Waals surface area contributed by atoms with Crippen molar-refractivity contribution in [3.8, 4) is 18.4 Å².